The first-order valence-electron chi connectivity index (χ1n) is 4.24. The zero-order valence-corrected chi connectivity index (χ0v) is 8.38. The number of benzene rings is 1. The van der Waals surface area contributed by atoms with Gasteiger partial charge in [0.05, 0.1) is 18.8 Å². The maximum Gasteiger partial charge on any atom is 0.0744 e. The van der Waals surface area contributed by atoms with Gasteiger partial charge >= 0.3 is 0 Å². The minimum absolute atomic E-state index is 0. The summed E-state index contributed by atoms with van der Waals surface area (Å²) in [6.45, 7) is 2.71. The van der Waals surface area contributed by atoms with Gasteiger partial charge in [0.15, 0.2) is 0 Å². The number of fused-ring (bicyclic) bond motifs is 1. The van der Waals surface area contributed by atoms with E-state index in [0.717, 1.165) is 0 Å². The van der Waals surface area contributed by atoms with Gasteiger partial charge in [0.2, 0.25) is 0 Å². The molecule has 0 saturated heterocycles. The van der Waals surface area contributed by atoms with Gasteiger partial charge in [0.25, 0.3) is 0 Å². The molecule has 1 aromatic carbocycles. The molecule has 3 heteroatoms. The Morgan fingerprint density at radius 1 is 1.38 bits per heavy atom. The quantitative estimate of drug-likeness (QED) is 0.694. The summed E-state index contributed by atoms with van der Waals surface area (Å²) in [5.74, 6) is 0. The molecule has 0 saturated carbocycles. The molecule has 2 nitrogen and oxygen atoms in total. The molecule has 2 atom stereocenters. The number of hydrogen-bond donors (Lipinski definition) is 1. The number of halogens is 1. The van der Waals surface area contributed by atoms with Crippen LogP contribution in [-0.4, -0.2) is 6.10 Å². The molecule has 2 unspecified atom stereocenters. The van der Waals surface area contributed by atoms with Crippen molar-refractivity contribution < 1.29 is 4.74 Å². The molecule has 0 amide bonds. The standard InChI is InChI=1S/C10H13NO.ClH/c1-7-10(11)9-5-3-2-4-8(9)6-12-7;/h2-5,7,10H,6,11H2,1H3;1H. The minimum atomic E-state index is 0. The molecule has 0 spiro atoms. The third-order valence-corrected chi connectivity index (χ3v) is 2.42. The van der Waals surface area contributed by atoms with E-state index in [-0.39, 0.29) is 24.6 Å². The lowest BCUT2D eigenvalue weighted by Crippen LogP contribution is -2.31. The zero-order valence-electron chi connectivity index (χ0n) is 7.57. The van der Waals surface area contributed by atoms with E-state index in [9.17, 15) is 0 Å². The summed E-state index contributed by atoms with van der Waals surface area (Å²) in [5, 5.41) is 0. The fraction of sp³-hybridized carbons (Fsp3) is 0.400. The van der Waals surface area contributed by atoms with Crippen LogP contribution in [0.3, 0.4) is 0 Å². The SMILES string of the molecule is CC1OCc2ccccc2C1N.Cl. The highest BCUT2D eigenvalue weighted by molar-refractivity contribution is 5.85. The molecule has 2 N–H and O–H groups in total. The maximum absolute atomic E-state index is 5.96. The van der Waals surface area contributed by atoms with E-state index >= 15 is 0 Å². The van der Waals surface area contributed by atoms with Gasteiger partial charge in [-0.2, -0.15) is 0 Å². The molecular formula is C10H14ClNO. The predicted molar refractivity (Wildman–Crippen MR) is 54.9 cm³/mol. The maximum atomic E-state index is 5.96. The predicted octanol–water partition coefficient (Wildman–Crippen LogP) is 2.03. The van der Waals surface area contributed by atoms with Gasteiger partial charge in [-0.1, -0.05) is 24.3 Å². The monoisotopic (exact) mass is 199 g/mol. The van der Waals surface area contributed by atoms with E-state index in [4.69, 9.17) is 10.5 Å². The van der Waals surface area contributed by atoms with Crippen LogP contribution in [-0.2, 0) is 11.3 Å². The van der Waals surface area contributed by atoms with Crippen molar-refractivity contribution in [1.82, 2.24) is 0 Å². The molecule has 0 fully saturated rings. The second-order valence-electron chi connectivity index (χ2n) is 3.24. The zero-order chi connectivity index (χ0) is 8.55. The molecule has 2 rings (SSSR count). The molecule has 0 aromatic heterocycles. The smallest absolute Gasteiger partial charge is 0.0744 e. The van der Waals surface area contributed by atoms with Crippen LogP contribution in [0.25, 0.3) is 0 Å². The highest BCUT2D eigenvalue weighted by Crippen LogP contribution is 2.26. The van der Waals surface area contributed by atoms with Crippen LogP contribution in [0.15, 0.2) is 24.3 Å². The lowest BCUT2D eigenvalue weighted by atomic mass is 9.95. The molecule has 1 aliphatic rings. The van der Waals surface area contributed by atoms with E-state index in [2.05, 4.69) is 12.1 Å². The van der Waals surface area contributed by atoms with Crippen molar-refractivity contribution in [3.63, 3.8) is 0 Å². The average molecular weight is 200 g/mol. The first-order valence-corrected chi connectivity index (χ1v) is 4.24. The van der Waals surface area contributed by atoms with E-state index in [1.54, 1.807) is 0 Å². The van der Waals surface area contributed by atoms with Crippen molar-refractivity contribution in [2.45, 2.75) is 25.7 Å². The van der Waals surface area contributed by atoms with Gasteiger partial charge in [-0.25, -0.2) is 0 Å². The minimum Gasteiger partial charge on any atom is -0.372 e. The Balaban J connectivity index is 0.000000845. The third-order valence-electron chi connectivity index (χ3n) is 2.42. The summed E-state index contributed by atoms with van der Waals surface area (Å²) in [5.41, 5.74) is 8.42. The highest BCUT2D eigenvalue weighted by atomic mass is 35.5. The number of rotatable bonds is 0. The van der Waals surface area contributed by atoms with Crippen LogP contribution >= 0.6 is 12.4 Å². The van der Waals surface area contributed by atoms with Gasteiger partial charge < -0.3 is 10.5 Å². The summed E-state index contributed by atoms with van der Waals surface area (Å²) >= 11 is 0. The van der Waals surface area contributed by atoms with Crippen molar-refractivity contribution in [2.75, 3.05) is 0 Å². The van der Waals surface area contributed by atoms with Gasteiger partial charge in [-0.05, 0) is 18.1 Å². The van der Waals surface area contributed by atoms with E-state index < -0.39 is 0 Å². The molecule has 0 radical (unpaired) electrons. The molecule has 72 valence electrons. The van der Waals surface area contributed by atoms with Crippen LogP contribution < -0.4 is 5.73 Å². The number of hydrogen-bond acceptors (Lipinski definition) is 2. The first kappa shape index (κ1) is 10.5. The average Bonchev–Trinajstić information content (AvgIpc) is 2.12. The fourth-order valence-electron chi connectivity index (χ4n) is 1.57. The Labute approximate surface area is 84.5 Å². The summed E-state index contributed by atoms with van der Waals surface area (Å²) in [6.07, 6.45) is 0.139. The molecule has 1 aromatic rings. The van der Waals surface area contributed by atoms with Crippen molar-refractivity contribution in [3.05, 3.63) is 35.4 Å². The van der Waals surface area contributed by atoms with Gasteiger partial charge in [0.1, 0.15) is 0 Å². The number of nitrogens with two attached hydrogens (primary N) is 1. The lowest BCUT2D eigenvalue weighted by Gasteiger charge is -2.28. The van der Waals surface area contributed by atoms with Crippen molar-refractivity contribution in [2.24, 2.45) is 5.73 Å². The highest BCUT2D eigenvalue weighted by Gasteiger charge is 2.22. The van der Waals surface area contributed by atoms with E-state index in [1.807, 2.05) is 19.1 Å². The third kappa shape index (κ3) is 1.85. The van der Waals surface area contributed by atoms with Crippen LogP contribution in [0.2, 0.25) is 0 Å². The van der Waals surface area contributed by atoms with Gasteiger partial charge in [0, 0.05) is 0 Å². The Kier molecular flexibility index (Phi) is 3.31. The summed E-state index contributed by atoms with van der Waals surface area (Å²) in [6, 6.07) is 8.23. The second kappa shape index (κ2) is 4.09. The second-order valence-corrected chi connectivity index (χ2v) is 3.24. The van der Waals surface area contributed by atoms with Crippen LogP contribution in [0.1, 0.15) is 24.1 Å². The Morgan fingerprint density at radius 3 is 2.85 bits per heavy atom. The van der Waals surface area contributed by atoms with Crippen LogP contribution in [0.5, 0.6) is 0 Å². The van der Waals surface area contributed by atoms with Crippen molar-refractivity contribution in [3.8, 4) is 0 Å². The van der Waals surface area contributed by atoms with E-state index in [1.165, 1.54) is 11.1 Å². The molecule has 1 heterocycles. The topological polar surface area (TPSA) is 35.2 Å². The lowest BCUT2D eigenvalue weighted by molar-refractivity contribution is 0.0214. The molecular weight excluding hydrogens is 186 g/mol. The Hall–Kier alpha value is -0.570. The van der Waals surface area contributed by atoms with E-state index in [0.29, 0.717) is 6.61 Å². The van der Waals surface area contributed by atoms with Crippen molar-refractivity contribution in [1.29, 1.82) is 0 Å². The molecule has 1 aliphatic heterocycles. The molecule has 0 bridgehead atoms. The number of ether oxygens (including phenoxy) is 1. The van der Waals surface area contributed by atoms with Gasteiger partial charge in [-0.15, -0.1) is 12.4 Å². The largest absolute Gasteiger partial charge is 0.372 e. The normalized spacial score (nSPS) is 26.0. The van der Waals surface area contributed by atoms with Crippen molar-refractivity contribution >= 4 is 12.4 Å². The Morgan fingerprint density at radius 2 is 2.08 bits per heavy atom. The van der Waals surface area contributed by atoms with Crippen LogP contribution in [0.4, 0.5) is 0 Å². The Bertz CT molecular complexity index is 290. The van der Waals surface area contributed by atoms with Gasteiger partial charge in [-0.3, -0.25) is 0 Å². The first-order chi connectivity index (χ1) is 5.79. The molecule has 0 aliphatic carbocycles. The summed E-state index contributed by atoms with van der Waals surface area (Å²) < 4.78 is 5.49. The molecule has 13 heavy (non-hydrogen) atoms. The fourth-order valence-corrected chi connectivity index (χ4v) is 1.57. The summed E-state index contributed by atoms with van der Waals surface area (Å²) in [4.78, 5) is 0. The summed E-state index contributed by atoms with van der Waals surface area (Å²) in [7, 11) is 0. The van der Waals surface area contributed by atoms with Crippen LogP contribution in [0, 0.1) is 0 Å².